The standard InChI is InChI=1S/C16H14N2O3/c1-11-4-2-6-13(10-11)18-16(21)15-12(5-3-9-17-15)7-8-14(19)20/h2-10H,1H3,(H,18,21)(H,19,20)/b8-7+. The van der Waals surface area contributed by atoms with Crippen LogP contribution in [0.5, 0.6) is 0 Å². The van der Waals surface area contributed by atoms with E-state index in [9.17, 15) is 9.59 Å². The third kappa shape index (κ3) is 4.01. The third-order valence-corrected chi connectivity index (χ3v) is 2.74. The third-order valence-electron chi connectivity index (χ3n) is 2.74. The van der Waals surface area contributed by atoms with Gasteiger partial charge in [-0.25, -0.2) is 4.79 Å². The highest BCUT2D eigenvalue weighted by Gasteiger charge is 2.11. The molecule has 0 spiro atoms. The van der Waals surface area contributed by atoms with Crippen LogP contribution in [0.25, 0.3) is 6.08 Å². The first-order valence-electron chi connectivity index (χ1n) is 6.30. The Hall–Kier alpha value is -2.95. The molecule has 0 saturated heterocycles. The van der Waals surface area contributed by atoms with E-state index < -0.39 is 5.97 Å². The van der Waals surface area contributed by atoms with Crippen molar-refractivity contribution in [1.82, 2.24) is 4.98 Å². The normalized spacial score (nSPS) is 10.5. The molecule has 0 aliphatic carbocycles. The Bertz CT molecular complexity index is 708. The van der Waals surface area contributed by atoms with Crippen molar-refractivity contribution < 1.29 is 14.7 Å². The number of carbonyl (C=O) groups excluding carboxylic acids is 1. The fraction of sp³-hybridized carbons (Fsp3) is 0.0625. The van der Waals surface area contributed by atoms with Gasteiger partial charge in [0.2, 0.25) is 0 Å². The van der Waals surface area contributed by atoms with Crippen molar-refractivity contribution in [3.8, 4) is 0 Å². The van der Waals surface area contributed by atoms with Gasteiger partial charge in [0.25, 0.3) is 5.91 Å². The number of carboxylic acids is 1. The summed E-state index contributed by atoms with van der Waals surface area (Å²) in [5.41, 5.74) is 2.32. The SMILES string of the molecule is Cc1cccc(NC(=O)c2ncccc2/C=C/C(=O)O)c1. The van der Waals surface area contributed by atoms with Crippen molar-refractivity contribution in [2.45, 2.75) is 6.92 Å². The predicted molar refractivity (Wildman–Crippen MR) is 80.0 cm³/mol. The lowest BCUT2D eigenvalue weighted by molar-refractivity contribution is -0.131. The Morgan fingerprint density at radius 1 is 1.24 bits per heavy atom. The highest BCUT2D eigenvalue weighted by Crippen LogP contribution is 2.13. The number of hydrogen-bond donors (Lipinski definition) is 2. The molecule has 5 heteroatoms. The number of amides is 1. The van der Waals surface area contributed by atoms with Gasteiger partial charge in [-0.1, -0.05) is 18.2 Å². The highest BCUT2D eigenvalue weighted by molar-refractivity contribution is 6.05. The molecule has 2 aromatic rings. The van der Waals surface area contributed by atoms with Crippen LogP contribution in [-0.2, 0) is 4.79 Å². The topological polar surface area (TPSA) is 79.3 Å². The average molecular weight is 282 g/mol. The molecule has 106 valence electrons. The summed E-state index contributed by atoms with van der Waals surface area (Å²) in [6.07, 6.45) is 3.81. The van der Waals surface area contributed by atoms with Gasteiger partial charge in [0.1, 0.15) is 5.69 Å². The van der Waals surface area contributed by atoms with Gasteiger partial charge in [-0.05, 0) is 36.8 Å². The molecule has 0 bridgehead atoms. The van der Waals surface area contributed by atoms with Gasteiger partial charge in [-0.15, -0.1) is 0 Å². The van der Waals surface area contributed by atoms with Crippen LogP contribution in [0.2, 0.25) is 0 Å². The molecule has 0 atom stereocenters. The molecule has 1 aromatic heterocycles. The fourth-order valence-electron chi connectivity index (χ4n) is 1.82. The number of hydrogen-bond acceptors (Lipinski definition) is 3. The summed E-state index contributed by atoms with van der Waals surface area (Å²) in [6, 6.07) is 10.7. The number of pyridine rings is 1. The van der Waals surface area contributed by atoms with Gasteiger partial charge in [0.05, 0.1) is 0 Å². The number of carboxylic acid groups (broad SMARTS) is 1. The van der Waals surface area contributed by atoms with E-state index in [1.165, 1.54) is 12.3 Å². The first kappa shape index (κ1) is 14.5. The minimum absolute atomic E-state index is 0.177. The molecule has 0 fully saturated rings. The van der Waals surface area contributed by atoms with Gasteiger partial charge >= 0.3 is 5.97 Å². The lowest BCUT2D eigenvalue weighted by Gasteiger charge is -2.07. The first-order valence-corrected chi connectivity index (χ1v) is 6.30. The zero-order chi connectivity index (χ0) is 15.2. The lowest BCUT2D eigenvalue weighted by Crippen LogP contribution is -2.15. The molecule has 0 radical (unpaired) electrons. The molecule has 0 aliphatic heterocycles. The maximum Gasteiger partial charge on any atom is 0.328 e. The van der Waals surface area contributed by atoms with Crippen LogP contribution < -0.4 is 5.32 Å². The van der Waals surface area contributed by atoms with Gasteiger partial charge in [0, 0.05) is 23.5 Å². The van der Waals surface area contributed by atoms with E-state index >= 15 is 0 Å². The van der Waals surface area contributed by atoms with E-state index in [1.54, 1.807) is 18.2 Å². The summed E-state index contributed by atoms with van der Waals surface area (Å²) >= 11 is 0. The predicted octanol–water partition coefficient (Wildman–Crippen LogP) is 2.74. The Morgan fingerprint density at radius 2 is 2.05 bits per heavy atom. The second-order valence-electron chi connectivity index (χ2n) is 4.44. The number of anilines is 1. The quantitative estimate of drug-likeness (QED) is 0.845. The molecule has 2 rings (SSSR count). The molecule has 2 N–H and O–H groups in total. The summed E-state index contributed by atoms with van der Waals surface area (Å²) in [6.45, 7) is 1.93. The number of carbonyl (C=O) groups is 2. The Labute approximate surface area is 122 Å². The molecule has 0 aliphatic rings. The maximum atomic E-state index is 12.2. The molecule has 21 heavy (non-hydrogen) atoms. The van der Waals surface area contributed by atoms with Crippen molar-refractivity contribution in [3.05, 3.63) is 65.5 Å². The van der Waals surface area contributed by atoms with Crippen LogP contribution in [-0.4, -0.2) is 22.0 Å². The molecule has 0 unspecified atom stereocenters. The van der Waals surface area contributed by atoms with Crippen molar-refractivity contribution in [2.75, 3.05) is 5.32 Å². The van der Waals surface area contributed by atoms with E-state index in [0.717, 1.165) is 11.6 Å². The van der Waals surface area contributed by atoms with Crippen LogP contribution >= 0.6 is 0 Å². The van der Waals surface area contributed by atoms with Crippen LogP contribution in [0.15, 0.2) is 48.7 Å². The van der Waals surface area contributed by atoms with E-state index in [0.29, 0.717) is 11.3 Å². The Kier molecular flexibility index (Phi) is 4.46. The van der Waals surface area contributed by atoms with Crippen LogP contribution in [0.1, 0.15) is 21.6 Å². The van der Waals surface area contributed by atoms with Gasteiger partial charge in [-0.2, -0.15) is 0 Å². The number of aryl methyl sites for hydroxylation is 1. The zero-order valence-electron chi connectivity index (χ0n) is 11.4. The summed E-state index contributed by atoms with van der Waals surface area (Å²) in [5, 5.41) is 11.4. The number of benzene rings is 1. The fourth-order valence-corrected chi connectivity index (χ4v) is 1.82. The number of aliphatic carboxylic acids is 1. The van der Waals surface area contributed by atoms with E-state index in [1.807, 2.05) is 25.1 Å². The molecule has 1 amide bonds. The summed E-state index contributed by atoms with van der Waals surface area (Å²) in [7, 11) is 0. The van der Waals surface area contributed by atoms with Crippen LogP contribution in [0.4, 0.5) is 5.69 Å². The molecular weight excluding hydrogens is 268 g/mol. The number of rotatable bonds is 4. The Balaban J connectivity index is 2.25. The van der Waals surface area contributed by atoms with Crippen molar-refractivity contribution in [2.24, 2.45) is 0 Å². The van der Waals surface area contributed by atoms with E-state index in [2.05, 4.69) is 10.3 Å². The molecular formula is C16H14N2O3. The summed E-state index contributed by atoms with van der Waals surface area (Å²) in [5.74, 6) is -1.46. The van der Waals surface area contributed by atoms with Crippen LogP contribution in [0, 0.1) is 6.92 Å². The number of aromatic nitrogens is 1. The van der Waals surface area contributed by atoms with E-state index in [-0.39, 0.29) is 11.6 Å². The molecule has 1 heterocycles. The summed E-state index contributed by atoms with van der Waals surface area (Å²) < 4.78 is 0. The maximum absolute atomic E-state index is 12.2. The molecule has 5 nitrogen and oxygen atoms in total. The first-order chi connectivity index (χ1) is 10.1. The second-order valence-corrected chi connectivity index (χ2v) is 4.44. The van der Waals surface area contributed by atoms with Crippen molar-refractivity contribution in [3.63, 3.8) is 0 Å². The van der Waals surface area contributed by atoms with Gasteiger partial charge in [-0.3, -0.25) is 9.78 Å². The van der Waals surface area contributed by atoms with Gasteiger partial charge in [0.15, 0.2) is 0 Å². The average Bonchev–Trinajstić information content (AvgIpc) is 2.45. The molecule has 1 aromatic carbocycles. The minimum atomic E-state index is -1.08. The second kappa shape index (κ2) is 6.47. The smallest absolute Gasteiger partial charge is 0.328 e. The number of nitrogens with zero attached hydrogens (tertiary/aromatic N) is 1. The van der Waals surface area contributed by atoms with Crippen LogP contribution in [0.3, 0.4) is 0 Å². The zero-order valence-corrected chi connectivity index (χ0v) is 11.4. The summed E-state index contributed by atoms with van der Waals surface area (Å²) in [4.78, 5) is 26.8. The lowest BCUT2D eigenvalue weighted by atomic mass is 10.1. The number of nitrogens with one attached hydrogen (secondary N) is 1. The van der Waals surface area contributed by atoms with Crippen molar-refractivity contribution >= 4 is 23.6 Å². The monoisotopic (exact) mass is 282 g/mol. The highest BCUT2D eigenvalue weighted by atomic mass is 16.4. The minimum Gasteiger partial charge on any atom is -0.478 e. The molecule has 0 saturated carbocycles. The van der Waals surface area contributed by atoms with Gasteiger partial charge < -0.3 is 10.4 Å². The largest absolute Gasteiger partial charge is 0.478 e. The van der Waals surface area contributed by atoms with Crippen molar-refractivity contribution in [1.29, 1.82) is 0 Å². The van der Waals surface area contributed by atoms with E-state index in [4.69, 9.17) is 5.11 Å². The Morgan fingerprint density at radius 3 is 2.76 bits per heavy atom.